The van der Waals surface area contributed by atoms with Gasteiger partial charge in [-0.1, -0.05) is 25.7 Å². The Morgan fingerprint density at radius 3 is 2.41 bits per heavy atom. The monoisotopic (exact) mass is 307 g/mol. The number of ether oxygens (including phenoxy) is 1. The average molecular weight is 307 g/mol. The first kappa shape index (κ1) is 20.0. The Morgan fingerprint density at radius 2 is 1.95 bits per heavy atom. The van der Waals surface area contributed by atoms with Crippen LogP contribution in [-0.2, 0) is 4.74 Å². The average Bonchev–Trinajstić information content (AvgIpc) is 2.39. The first-order valence-corrected chi connectivity index (χ1v) is 7.38. The summed E-state index contributed by atoms with van der Waals surface area (Å²) in [5.41, 5.74) is 0.0736. The van der Waals surface area contributed by atoms with Gasteiger partial charge in [-0.05, 0) is 40.2 Å². The van der Waals surface area contributed by atoms with Crippen molar-refractivity contribution < 1.29 is 9.53 Å². The summed E-state index contributed by atoms with van der Waals surface area (Å²) >= 11 is 0. The van der Waals surface area contributed by atoms with Gasteiger partial charge in [0.05, 0.1) is 12.2 Å². The molecule has 22 heavy (non-hydrogen) atoms. The molecule has 0 heterocycles. The normalized spacial score (nSPS) is 12.2. The number of amidine groups is 1. The predicted molar refractivity (Wildman–Crippen MR) is 92.6 cm³/mol. The van der Waals surface area contributed by atoms with Crippen LogP contribution in [0.15, 0.2) is 42.1 Å². The lowest BCUT2D eigenvalue weighted by molar-refractivity contribution is -0.00870. The Morgan fingerprint density at radius 1 is 1.36 bits per heavy atom. The molecule has 1 amide bonds. The molecule has 0 fully saturated rings. The van der Waals surface area contributed by atoms with Gasteiger partial charge < -0.3 is 4.74 Å². The largest absolute Gasteiger partial charge is 0.442 e. The molecule has 0 aromatic rings. The number of rotatable bonds is 5. The minimum absolute atomic E-state index is 0.329. The summed E-state index contributed by atoms with van der Waals surface area (Å²) in [6.07, 6.45) is 5.94. The van der Waals surface area contributed by atoms with Crippen molar-refractivity contribution in [3.63, 3.8) is 0 Å². The molecule has 0 aromatic heterocycles. The first-order valence-electron chi connectivity index (χ1n) is 7.38. The second-order valence-electron chi connectivity index (χ2n) is 5.84. The number of nitrogens with zero attached hydrogens (tertiary/aromatic N) is 3. The number of carbonyl (C=O) groups is 1. The Kier molecular flexibility index (Phi) is 8.23. The lowest BCUT2D eigenvalue weighted by atomic mass is 10.2. The van der Waals surface area contributed by atoms with Gasteiger partial charge in [0.15, 0.2) is 0 Å². The number of hydrazine groups is 1. The Bertz CT molecular complexity index is 459. The second kappa shape index (κ2) is 9.07. The van der Waals surface area contributed by atoms with E-state index in [-0.39, 0.29) is 0 Å². The van der Waals surface area contributed by atoms with E-state index >= 15 is 0 Å². The van der Waals surface area contributed by atoms with Crippen molar-refractivity contribution in [2.24, 2.45) is 4.99 Å². The zero-order valence-corrected chi connectivity index (χ0v) is 14.7. The van der Waals surface area contributed by atoms with E-state index in [9.17, 15) is 4.79 Å². The zero-order valence-electron chi connectivity index (χ0n) is 14.7. The van der Waals surface area contributed by atoms with Crippen molar-refractivity contribution in [3.05, 3.63) is 37.1 Å². The fraction of sp³-hybridized carbons (Fsp3) is 0.529. The van der Waals surface area contributed by atoms with Crippen LogP contribution < -0.4 is 0 Å². The summed E-state index contributed by atoms with van der Waals surface area (Å²) in [6, 6.07) is 0. The summed E-state index contributed by atoms with van der Waals surface area (Å²) in [7, 11) is 1.75. The van der Waals surface area contributed by atoms with Gasteiger partial charge in [-0.3, -0.25) is 5.01 Å². The summed E-state index contributed by atoms with van der Waals surface area (Å²) in [5, 5.41) is 3.08. The maximum atomic E-state index is 12.3. The van der Waals surface area contributed by atoms with E-state index in [1.807, 2.05) is 46.8 Å². The van der Waals surface area contributed by atoms with Crippen LogP contribution >= 0.6 is 0 Å². The lowest BCUT2D eigenvalue weighted by Crippen LogP contribution is -2.48. The summed E-state index contributed by atoms with van der Waals surface area (Å²) in [4.78, 5) is 16.6. The fourth-order valence-electron chi connectivity index (χ4n) is 1.50. The number of aliphatic imine (C=N–C) groups is 1. The first-order chi connectivity index (χ1) is 10.1. The molecule has 0 aromatic carbocycles. The molecule has 5 heteroatoms. The van der Waals surface area contributed by atoms with Crippen molar-refractivity contribution in [1.29, 1.82) is 0 Å². The van der Waals surface area contributed by atoms with Crippen molar-refractivity contribution in [2.45, 2.75) is 46.6 Å². The number of hydrogen-bond acceptors (Lipinski definition) is 3. The minimum Gasteiger partial charge on any atom is -0.442 e. The summed E-state index contributed by atoms with van der Waals surface area (Å²) in [6.45, 7) is 17.2. The van der Waals surface area contributed by atoms with E-state index in [4.69, 9.17) is 4.74 Å². The molecule has 0 aliphatic carbocycles. The number of allylic oxidation sites excluding steroid dienone is 2. The molecule has 0 saturated heterocycles. The van der Waals surface area contributed by atoms with Crippen LogP contribution in [0.5, 0.6) is 0 Å². The molecule has 0 aliphatic rings. The van der Waals surface area contributed by atoms with Gasteiger partial charge in [-0.15, -0.1) is 6.58 Å². The van der Waals surface area contributed by atoms with Crippen molar-refractivity contribution in [3.8, 4) is 0 Å². The molecule has 5 nitrogen and oxygen atoms in total. The highest BCUT2D eigenvalue weighted by Gasteiger charge is 2.24. The van der Waals surface area contributed by atoms with Crippen LogP contribution in [0, 0.1) is 0 Å². The van der Waals surface area contributed by atoms with Crippen molar-refractivity contribution >= 4 is 11.9 Å². The Labute approximate surface area is 134 Å². The number of hydrogen-bond donors (Lipinski definition) is 0. The third-order valence-electron chi connectivity index (χ3n) is 2.59. The molecule has 0 rings (SSSR count). The molecule has 0 N–H and O–H groups in total. The minimum atomic E-state index is -0.560. The highest BCUT2D eigenvalue weighted by Crippen LogP contribution is 2.12. The molecule has 0 atom stereocenters. The molecule has 0 saturated carbocycles. The van der Waals surface area contributed by atoms with E-state index in [0.29, 0.717) is 18.1 Å². The third-order valence-corrected chi connectivity index (χ3v) is 2.59. The maximum absolute atomic E-state index is 12.3. The smallest absolute Gasteiger partial charge is 0.429 e. The standard InChI is InChI=1S/C17H29N3O2/c1-9-11-12-14(3)18-15(4)19(8)20(13-10-2)16(21)22-17(5,6)7/h10-12H,2-3,9,13H2,1,4-8H3/b12-11+,18-15?. The van der Waals surface area contributed by atoms with E-state index < -0.39 is 11.7 Å². The van der Waals surface area contributed by atoms with Gasteiger partial charge in [-0.2, -0.15) is 0 Å². The van der Waals surface area contributed by atoms with Crippen LogP contribution in [0.3, 0.4) is 0 Å². The second-order valence-corrected chi connectivity index (χ2v) is 5.84. The molecule has 0 unspecified atom stereocenters. The highest BCUT2D eigenvalue weighted by atomic mass is 16.6. The van der Waals surface area contributed by atoms with E-state index in [2.05, 4.69) is 18.2 Å². The molecule has 0 bridgehead atoms. The third kappa shape index (κ3) is 7.67. The zero-order chi connectivity index (χ0) is 17.3. The molecule has 0 radical (unpaired) electrons. The van der Waals surface area contributed by atoms with Gasteiger partial charge in [0.1, 0.15) is 11.4 Å². The fourth-order valence-corrected chi connectivity index (χ4v) is 1.50. The highest BCUT2D eigenvalue weighted by molar-refractivity contribution is 5.83. The van der Waals surface area contributed by atoms with Gasteiger partial charge >= 0.3 is 6.09 Å². The van der Waals surface area contributed by atoms with Crippen LogP contribution in [0.4, 0.5) is 4.79 Å². The van der Waals surface area contributed by atoms with Crippen molar-refractivity contribution in [1.82, 2.24) is 10.0 Å². The molecule has 124 valence electrons. The van der Waals surface area contributed by atoms with Crippen LogP contribution in [0.2, 0.25) is 0 Å². The van der Waals surface area contributed by atoms with Gasteiger partial charge in [0.25, 0.3) is 0 Å². The number of amides is 1. The topological polar surface area (TPSA) is 45.1 Å². The summed E-state index contributed by atoms with van der Waals surface area (Å²) < 4.78 is 5.40. The predicted octanol–water partition coefficient (Wildman–Crippen LogP) is 4.15. The molecular formula is C17H29N3O2. The SMILES string of the molecule is C=CCN(C(=O)OC(C)(C)C)N(C)C(C)=NC(=C)/C=C/CC. The van der Waals surface area contributed by atoms with E-state index in [0.717, 1.165) is 6.42 Å². The van der Waals surface area contributed by atoms with Crippen LogP contribution in [0.1, 0.15) is 41.0 Å². The van der Waals surface area contributed by atoms with E-state index in [1.54, 1.807) is 18.1 Å². The molecular weight excluding hydrogens is 278 g/mol. The Balaban J connectivity index is 5.12. The van der Waals surface area contributed by atoms with Crippen molar-refractivity contribution in [2.75, 3.05) is 13.6 Å². The van der Waals surface area contributed by atoms with E-state index in [1.165, 1.54) is 5.01 Å². The number of carbonyl (C=O) groups excluding carboxylic acids is 1. The summed E-state index contributed by atoms with van der Waals surface area (Å²) in [5.74, 6) is 0.637. The van der Waals surface area contributed by atoms with Crippen LogP contribution in [-0.4, -0.2) is 41.1 Å². The molecule has 0 spiro atoms. The van der Waals surface area contributed by atoms with Gasteiger partial charge in [0, 0.05) is 7.05 Å². The maximum Gasteiger partial charge on any atom is 0.429 e. The quantitative estimate of drug-likeness (QED) is 0.252. The van der Waals surface area contributed by atoms with Gasteiger partial charge in [-0.25, -0.2) is 14.8 Å². The van der Waals surface area contributed by atoms with Crippen LogP contribution in [0.25, 0.3) is 0 Å². The Hall–Kier alpha value is -2.04. The molecule has 0 aliphatic heterocycles. The lowest BCUT2D eigenvalue weighted by Gasteiger charge is -2.33. The van der Waals surface area contributed by atoms with Gasteiger partial charge in [0.2, 0.25) is 0 Å².